The first kappa shape index (κ1) is 15.7. The number of carboxylic acids is 1. The molecule has 0 amide bonds. The van der Waals surface area contributed by atoms with Crippen LogP contribution in [0.2, 0.25) is 5.02 Å². The van der Waals surface area contributed by atoms with E-state index in [0.717, 1.165) is 10.1 Å². The summed E-state index contributed by atoms with van der Waals surface area (Å²) in [6.07, 6.45) is 0.705. The lowest BCUT2D eigenvalue weighted by Gasteiger charge is -2.28. The lowest BCUT2D eigenvalue weighted by atomic mass is 9.99. The van der Waals surface area contributed by atoms with Crippen molar-refractivity contribution in [3.8, 4) is 0 Å². The van der Waals surface area contributed by atoms with Gasteiger partial charge in [0.05, 0.1) is 5.92 Å². The van der Waals surface area contributed by atoms with Crippen LogP contribution in [0.4, 0.5) is 0 Å². The van der Waals surface area contributed by atoms with Gasteiger partial charge in [-0.3, -0.25) is 4.79 Å². The van der Waals surface area contributed by atoms with E-state index in [4.69, 9.17) is 16.7 Å². The van der Waals surface area contributed by atoms with E-state index in [2.05, 4.69) is 0 Å². The number of benzene rings is 1. The van der Waals surface area contributed by atoms with E-state index < -0.39 is 21.9 Å². The molecule has 1 aromatic carbocycles. The molecule has 0 bridgehead atoms. The SMILES string of the molecule is O=C(O)C1CCN(S(=O)(=O)c2cc3cc(Cl)ccc3s2)CC1. The third-order valence-electron chi connectivity index (χ3n) is 3.85. The predicted molar refractivity (Wildman–Crippen MR) is 86.0 cm³/mol. The molecule has 0 saturated carbocycles. The summed E-state index contributed by atoms with van der Waals surface area (Å²) in [6, 6.07) is 6.90. The Labute approximate surface area is 137 Å². The summed E-state index contributed by atoms with van der Waals surface area (Å²) in [5, 5.41) is 10.4. The molecule has 8 heteroatoms. The van der Waals surface area contributed by atoms with E-state index in [1.807, 2.05) is 0 Å². The van der Waals surface area contributed by atoms with Crippen LogP contribution in [0.3, 0.4) is 0 Å². The van der Waals surface area contributed by atoms with Crippen molar-refractivity contribution in [2.45, 2.75) is 17.1 Å². The third kappa shape index (κ3) is 2.86. The van der Waals surface area contributed by atoms with E-state index in [1.54, 1.807) is 24.3 Å². The van der Waals surface area contributed by atoms with Gasteiger partial charge in [0.1, 0.15) is 4.21 Å². The molecule has 2 aromatic rings. The van der Waals surface area contributed by atoms with Crippen molar-refractivity contribution < 1.29 is 18.3 Å². The number of thiophene rings is 1. The third-order valence-corrected chi connectivity index (χ3v) is 7.55. The molecule has 1 aromatic heterocycles. The van der Waals surface area contributed by atoms with E-state index in [0.29, 0.717) is 17.9 Å². The van der Waals surface area contributed by atoms with Crippen LogP contribution in [-0.2, 0) is 14.8 Å². The normalized spacial score (nSPS) is 17.9. The highest BCUT2D eigenvalue weighted by atomic mass is 35.5. The van der Waals surface area contributed by atoms with Crippen LogP contribution in [0.1, 0.15) is 12.8 Å². The quantitative estimate of drug-likeness (QED) is 0.914. The van der Waals surface area contributed by atoms with Crippen LogP contribution in [0.15, 0.2) is 28.5 Å². The maximum absolute atomic E-state index is 12.7. The van der Waals surface area contributed by atoms with Crippen molar-refractivity contribution in [2.24, 2.45) is 5.92 Å². The standard InChI is InChI=1S/C14H14ClNO4S2/c15-11-1-2-12-10(7-11)8-13(21-12)22(19,20)16-5-3-9(4-6-16)14(17)18/h1-2,7-9H,3-6H2,(H,17,18). The smallest absolute Gasteiger partial charge is 0.306 e. The Kier molecular flexibility index (Phi) is 4.15. The second kappa shape index (κ2) is 5.81. The number of sulfonamides is 1. The molecule has 0 atom stereocenters. The van der Waals surface area contributed by atoms with Gasteiger partial charge in [-0.2, -0.15) is 4.31 Å². The minimum atomic E-state index is -3.57. The summed E-state index contributed by atoms with van der Waals surface area (Å²) >= 11 is 7.13. The van der Waals surface area contributed by atoms with Crippen molar-refractivity contribution in [3.63, 3.8) is 0 Å². The Hall–Kier alpha value is -1.15. The lowest BCUT2D eigenvalue weighted by molar-refractivity contribution is -0.142. The fraction of sp³-hybridized carbons (Fsp3) is 0.357. The van der Waals surface area contributed by atoms with Crippen molar-refractivity contribution in [2.75, 3.05) is 13.1 Å². The first-order valence-electron chi connectivity index (χ1n) is 6.80. The van der Waals surface area contributed by atoms with Crippen LogP contribution in [0, 0.1) is 5.92 Å². The van der Waals surface area contributed by atoms with Crippen LogP contribution in [0.25, 0.3) is 10.1 Å². The number of halogens is 1. The molecule has 1 N–H and O–H groups in total. The van der Waals surface area contributed by atoms with E-state index in [9.17, 15) is 13.2 Å². The van der Waals surface area contributed by atoms with Crippen molar-refractivity contribution in [3.05, 3.63) is 29.3 Å². The molecule has 5 nitrogen and oxygen atoms in total. The fourth-order valence-corrected chi connectivity index (χ4v) is 5.77. The number of hydrogen-bond acceptors (Lipinski definition) is 4. The first-order valence-corrected chi connectivity index (χ1v) is 9.43. The van der Waals surface area contributed by atoms with Crippen LogP contribution in [-0.4, -0.2) is 36.9 Å². The number of carboxylic acid groups (broad SMARTS) is 1. The van der Waals surface area contributed by atoms with Crippen LogP contribution >= 0.6 is 22.9 Å². The number of carbonyl (C=O) groups is 1. The monoisotopic (exact) mass is 359 g/mol. The average molecular weight is 360 g/mol. The van der Waals surface area contributed by atoms with Crippen molar-refractivity contribution >= 4 is 49.0 Å². The largest absolute Gasteiger partial charge is 0.481 e. The molecule has 1 aliphatic rings. The van der Waals surface area contributed by atoms with Crippen molar-refractivity contribution in [1.82, 2.24) is 4.31 Å². The fourth-order valence-electron chi connectivity index (χ4n) is 2.59. The van der Waals surface area contributed by atoms with Gasteiger partial charge in [-0.25, -0.2) is 8.42 Å². The molecular weight excluding hydrogens is 346 g/mol. The minimum Gasteiger partial charge on any atom is -0.481 e. The molecule has 22 heavy (non-hydrogen) atoms. The zero-order valence-electron chi connectivity index (χ0n) is 11.5. The van der Waals surface area contributed by atoms with Gasteiger partial charge in [0, 0.05) is 22.8 Å². The van der Waals surface area contributed by atoms with Gasteiger partial charge in [0.2, 0.25) is 0 Å². The number of aliphatic carboxylic acids is 1. The van der Waals surface area contributed by atoms with E-state index in [-0.39, 0.29) is 17.3 Å². The Bertz CT molecular complexity index is 822. The van der Waals surface area contributed by atoms with Gasteiger partial charge in [-0.05, 0) is 42.5 Å². The summed E-state index contributed by atoms with van der Waals surface area (Å²) in [6.45, 7) is 0.489. The van der Waals surface area contributed by atoms with Crippen LogP contribution < -0.4 is 0 Å². The second-order valence-electron chi connectivity index (χ2n) is 5.26. The summed E-state index contributed by atoms with van der Waals surface area (Å²) in [4.78, 5) is 11.0. The van der Waals surface area contributed by atoms with E-state index >= 15 is 0 Å². The molecule has 0 radical (unpaired) electrons. The van der Waals surface area contributed by atoms with Crippen molar-refractivity contribution in [1.29, 1.82) is 0 Å². The maximum atomic E-state index is 12.7. The zero-order chi connectivity index (χ0) is 15.9. The van der Waals surface area contributed by atoms with Gasteiger partial charge in [-0.15, -0.1) is 11.3 Å². The van der Waals surface area contributed by atoms with Gasteiger partial charge < -0.3 is 5.11 Å². The Morgan fingerprint density at radius 2 is 1.95 bits per heavy atom. The summed E-state index contributed by atoms with van der Waals surface area (Å²) in [5.41, 5.74) is 0. The number of hydrogen-bond donors (Lipinski definition) is 1. The molecule has 3 rings (SSSR count). The Morgan fingerprint density at radius 1 is 1.27 bits per heavy atom. The summed E-state index contributed by atoms with van der Waals surface area (Å²) < 4.78 is 27.9. The molecule has 118 valence electrons. The van der Waals surface area contributed by atoms with Crippen LogP contribution in [0.5, 0.6) is 0 Å². The van der Waals surface area contributed by atoms with Gasteiger partial charge in [0.15, 0.2) is 0 Å². The van der Waals surface area contributed by atoms with Gasteiger partial charge in [0.25, 0.3) is 10.0 Å². The number of piperidine rings is 1. The summed E-state index contributed by atoms with van der Waals surface area (Å²) in [5.74, 6) is -1.30. The molecule has 1 fully saturated rings. The number of fused-ring (bicyclic) bond motifs is 1. The molecular formula is C14H14ClNO4S2. The highest BCUT2D eigenvalue weighted by Crippen LogP contribution is 2.33. The Morgan fingerprint density at radius 3 is 2.59 bits per heavy atom. The molecule has 0 spiro atoms. The molecule has 0 unspecified atom stereocenters. The van der Waals surface area contributed by atoms with Gasteiger partial charge >= 0.3 is 5.97 Å². The number of rotatable bonds is 3. The maximum Gasteiger partial charge on any atom is 0.306 e. The Balaban J connectivity index is 1.87. The molecule has 1 saturated heterocycles. The molecule has 1 aliphatic heterocycles. The topological polar surface area (TPSA) is 74.7 Å². The molecule has 0 aliphatic carbocycles. The summed E-state index contributed by atoms with van der Waals surface area (Å²) in [7, 11) is -3.57. The second-order valence-corrected chi connectivity index (χ2v) is 8.95. The van der Waals surface area contributed by atoms with E-state index in [1.165, 1.54) is 15.6 Å². The molecule has 2 heterocycles. The van der Waals surface area contributed by atoms with Gasteiger partial charge in [-0.1, -0.05) is 11.6 Å². The number of nitrogens with zero attached hydrogens (tertiary/aromatic N) is 1. The highest BCUT2D eigenvalue weighted by Gasteiger charge is 2.32. The first-order chi connectivity index (χ1) is 10.4. The zero-order valence-corrected chi connectivity index (χ0v) is 13.9. The highest BCUT2D eigenvalue weighted by molar-refractivity contribution is 7.91. The predicted octanol–water partition coefficient (Wildman–Crippen LogP) is 3.04. The lowest BCUT2D eigenvalue weighted by Crippen LogP contribution is -2.39. The average Bonchev–Trinajstić information content (AvgIpc) is 2.91. The minimum absolute atomic E-state index is 0.244.